The minimum absolute atomic E-state index is 0.00126. The van der Waals surface area contributed by atoms with Gasteiger partial charge in [-0.1, -0.05) is 23.2 Å². The van der Waals surface area contributed by atoms with Gasteiger partial charge in [-0.15, -0.1) is 0 Å². The summed E-state index contributed by atoms with van der Waals surface area (Å²) in [5.41, 5.74) is -0.342. The van der Waals surface area contributed by atoms with E-state index in [9.17, 15) is 13.2 Å². The number of hydrogen-bond acceptors (Lipinski definition) is 4. The fourth-order valence-corrected chi connectivity index (χ4v) is 4.12. The zero-order valence-corrected chi connectivity index (χ0v) is 12.5. The molecule has 0 bridgehead atoms. The highest BCUT2D eigenvalue weighted by Crippen LogP contribution is 2.31. The van der Waals surface area contributed by atoms with Crippen LogP contribution in [-0.2, 0) is 14.8 Å². The van der Waals surface area contributed by atoms with Crippen molar-refractivity contribution in [1.29, 1.82) is 0 Å². The van der Waals surface area contributed by atoms with Crippen LogP contribution in [0.5, 0.6) is 0 Å². The van der Waals surface area contributed by atoms with Gasteiger partial charge in [0.05, 0.1) is 23.8 Å². The zero-order valence-electron chi connectivity index (χ0n) is 10.2. The van der Waals surface area contributed by atoms with Crippen molar-refractivity contribution >= 4 is 39.2 Å². The number of carbonyl (C=O) groups is 1. The topological polar surface area (TPSA) is 83.9 Å². The van der Waals surface area contributed by atoms with Crippen molar-refractivity contribution < 1.29 is 23.1 Å². The molecule has 0 unspecified atom stereocenters. The highest BCUT2D eigenvalue weighted by molar-refractivity contribution is 7.89. The smallest absolute Gasteiger partial charge is 0.337 e. The number of aromatic carboxylic acids is 1. The van der Waals surface area contributed by atoms with Crippen LogP contribution < -0.4 is 0 Å². The average molecular weight is 340 g/mol. The Bertz CT molecular complexity index is 640. The van der Waals surface area contributed by atoms with Gasteiger partial charge in [0.15, 0.2) is 0 Å². The van der Waals surface area contributed by atoms with Crippen LogP contribution in [0.1, 0.15) is 10.4 Å². The average Bonchev–Trinajstić information content (AvgIpc) is 2.41. The molecule has 0 amide bonds. The summed E-state index contributed by atoms with van der Waals surface area (Å²) >= 11 is 11.7. The third-order valence-corrected chi connectivity index (χ3v) is 5.48. The lowest BCUT2D eigenvalue weighted by atomic mass is 10.2. The van der Waals surface area contributed by atoms with Gasteiger partial charge >= 0.3 is 5.97 Å². The quantitative estimate of drug-likeness (QED) is 0.906. The van der Waals surface area contributed by atoms with Gasteiger partial charge in [0, 0.05) is 18.1 Å². The molecule has 6 nitrogen and oxygen atoms in total. The summed E-state index contributed by atoms with van der Waals surface area (Å²) in [6.45, 7) is 0.938. The second kappa shape index (κ2) is 5.87. The molecule has 1 aromatic carbocycles. The molecule has 1 saturated heterocycles. The third-order valence-electron chi connectivity index (χ3n) is 2.82. The molecule has 0 spiro atoms. The van der Waals surface area contributed by atoms with Crippen LogP contribution in [0.2, 0.25) is 10.0 Å². The van der Waals surface area contributed by atoms with E-state index >= 15 is 0 Å². The monoisotopic (exact) mass is 339 g/mol. The van der Waals surface area contributed by atoms with E-state index in [1.54, 1.807) is 0 Å². The van der Waals surface area contributed by atoms with Crippen molar-refractivity contribution in [3.05, 3.63) is 27.7 Å². The number of carboxylic acids is 1. The normalized spacial score (nSPS) is 17.1. The first-order valence-corrected chi connectivity index (χ1v) is 7.84. The van der Waals surface area contributed by atoms with Crippen LogP contribution in [0.3, 0.4) is 0 Å². The van der Waals surface area contributed by atoms with Crippen molar-refractivity contribution in [2.75, 3.05) is 26.3 Å². The fourth-order valence-electron chi connectivity index (χ4n) is 1.83. The first-order chi connectivity index (χ1) is 9.34. The molecule has 0 atom stereocenters. The van der Waals surface area contributed by atoms with Crippen LogP contribution in [0, 0.1) is 0 Å². The van der Waals surface area contributed by atoms with Crippen molar-refractivity contribution in [3.63, 3.8) is 0 Å². The number of carboxylic acid groups (broad SMARTS) is 1. The number of rotatable bonds is 3. The van der Waals surface area contributed by atoms with E-state index in [2.05, 4.69) is 0 Å². The Labute approximate surface area is 125 Å². The van der Waals surface area contributed by atoms with E-state index < -0.39 is 16.0 Å². The molecule has 9 heteroatoms. The number of benzene rings is 1. The van der Waals surface area contributed by atoms with Crippen molar-refractivity contribution in [1.82, 2.24) is 4.31 Å². The lowest BCUT2D eigenvalue weighted by Gasteiger charge is -2.26. The maximum atomic E-state index is 12.5. The van der Waals surface area contributed by atoms with E-state index in [-0.39, 0.29) is 46.8 Å². The SMILES string of the molecule is O=C(O)c1cc(Cl)cc(S(=O)(=O)N2CCOCC2)c1Cl. The van der Waals surface area contributed by atoms with Gasteiger partial charge in [-0.2, -0.15) is 4.31 Å². The van der Waals surface area contributed by atoms with E-state index in [4.69, 9.17) is 33.0 Å². The molecule has 1 N–H and O–H groups in total. The lowest BCUT2D eigenvalue weighted by molar-refractivity contribution is 0.0696. The Balaban J connectivity index is 2.53. The van der Waals surface area contributed by atoms with Crippen LogP contribution in [0.15, 0.2) is 17.0 Å². The maximum Gasteiger partial charge on any atom is 0.337 e. The van der Waals surface area contributed by atoms with Gasteiger partial charge in [-0.05, 0) is 12.1 Å². The Morgan fingerprint density at radius 3 is 2.40 bits per heavy atom. The van der Waals surface area contributed by atoms with Crippen LogP contribution in [0.4, 0.5) is 0 Å². The van der Waals surface area contributed by atoms with Gasteiger partial charge in [-0.3, -0.25) is 0 Å². The van der Waals surface area contributed by atoms with Gasteiger partial charge < -0.3 is 9.84 Å². The minimum Gasteiger partial charge on any atom is -0.478 e. The van der Waals surface area contributed by atoms with Crippen LogP contribution in [0.25, 0.3) is 0 Å². The van der Waals surface area contributed by atoms with Crippen molar-refractivity contribution in [3.8, 4) is 0 Å². The van der Waals surface area contributed by atoms with Crippen LogP contribution in [-0.4, -0.2) is 50.1 Å². The second-order valence-corrected chi connectivity index (χ2v) is 6.81. The van der Waals surface area contributed by atoms with Crippen LogP contribution >= 0.6 is 23.2 Å². The number of nitrogens with zero attached hydrogens (tertiary/aromatic N) is 1. The lowest BCUT2D eigenvalue weighted by Crippen LogP contribution is -2.40. The summed E-state index contributed by atoms with van der Waals surface area (Å²) in [5.74, 6) is -1.34. The first kappa shape index (κ1) is 15.5. The molecule has 1 heterocycles. The molecule has 1 aromatic rings. The predicted octanol–water partition coefficient (Wildman–Crippen LogP) is 1.71. The zero-order chi connectivity index (χ0) is 14.9. The Morgan fingerprint density at radius 1 is 1.25 bits per heavy atom. The molecule has 0 aromatic heterocycles. The highest BCUT2D eigenvalue weighted by Gasteiger charge is 2.30. The number of sulfonamides is 1. The van der Waals surface area contributed by atoms with Crippen molar-refractivity contribution in [2.45, 2.75) is 4.90 Å². The number of ether oxygens (including phenoxy) is 1. The first-order valence-electron chi connectivity index (χ1n) is 5.64. The Hall–Kier alpha value is -0.860. The molecule has 20 heavy (non-hydrogen) atoms. The largest absolute Gasteiger partial charge is 0.478 e. The van der Waals surface area contributed by atoms with Gasteiger partial charge in [0.2, 0.25) is 10.0 Å². The van der Waals surface area contributed by atoms with Gasteiger partial charge in [0.25, 0.3) is 0 Å². The minimum atomic E-state index is -3.90. The molecule has 1 fully saturated rings. The second-order valence-electron chi connectivity index (χ2n) is 4.09. The maximum absolute atomic E-state index is 12.5. The molecule has 0 saturated carbocycles. The predicted molar refractivity (Wildman–Crippen MR) is 73.0 cm³/mol. The molecular weight excluding hydrogens is 329 g/mol. The summed E-state index contributed by atoms with van der Waals surface area (Å²) in [6.07, 6.45) is 0. The summed E-state index contributed by atoms with van der Waals surface area (Å²) in [5, 5.41) is 8.68. The summed E-state index contributed by atoms with van der Waals surface area (Å²) in [7, 11) is -3.90. The summed E-state index contributed by atoms with van der Waals surface area (Å²) in [4.78, 5) is 10.8. The summed E-state index contributed by atoms with van der Waals surface area (Å²) < 4.78 is 31.2. The van der Waals surface area contributed by atoms with E-state index in [0.29, 0.717) is 0 Å². The molecule has 0 radical (unpaired) electrons. The number of morpholine rings is 1. The Morgan fingerprint density at radius 2 is 1.85 bits per heavy atom. The van der Waals surface area contributed by atoms with E-state index in [1.807, 2.05) is 0 Å². The number of hydrogen-bond donors (Lipinski definition) is 1. The van der Waals surface area contributed by atoms with E-state index in [1.165, 1.54) is 4.31 Å². The van der Waals surface area contributed by atoms with E-state index in [0.717, 1.165) is 12.1 Å². The molecule has 0 aliphatic carbocycles. The highest BCUT2D eigenvalue weighted by atomic mass is 35.5. The summed E-state index contributed by atoms with van der Waals surface area (Å²) in [6, 6.07) is 2.27. The molecule has 1 aliphatic heterocycles. The third kappa shape index (κ3) is 2.91. The molecular formula is C11H11Cl2NO5S. The van der Waals surface area contributed by atoms with Gasteiger partial charge in [-0.25, -0.2) is 13.2 Å². The molecule has 1 aliphatic rings. The molecule has 110 valence electrons. The van der Waals surface area contributed by atoms with Gasteiger partial charge in [0.1, 0.15) is 4.90 Å². The fraction of sp³-hybridized carbons (Fsp3) is 0.364. The van der Waals surface area contributed by atoms with Crippen molar-refractivity contribution in [2.24, 2.45) is 0 Å². The standard InChI is InChI=1S/C11H11Cl2NO5S/c12-7-5-8(11(15)16)10(13)9(6-7)20(17,18)14-1-3-19-4-2-14/h5-6H,1-4H2,(H,15,16). The Kier molecular flexibility index (Phi) is 4.55. The number of halogens is 2. The molecule has 2 rings (SSSR count).